The highest BCUT2D eigenvalue weighted by molar-refractivity contribution is 8.01. The Labute approximate surface area is 83.9 Å². The molecular formula is C11H15NS. The lowest BCUT2D eigenvalue weighted by molar-refractivity contribution is 0.162. The van der Waals surface area contributed by atoms with Gasteiger partial charge < -0.3 is 0 Å². The molecule has 1 saturated heterocycles. The molecule has 2 heteroatoms. The van der Waals surface area contributed by atoms with Crippen molar-refractivity contribution >= 4 is 11.8 Å². The molecule has 4 unspecified atom stereocenters. The van der Waals surface area contributed by atoms with Gasteiger partial charge in [-0.3, -0.25) is 0 Å². The van der Waals surface area contributed by atoms with E-state index < -0.39 is 0 Å². The molecule has 3 fully saturated rings. The third kappa shape index (κ3) is 0.570. The molecular weight excluding hydrogens is 178 g/mol. The molecule has 0 aromatic heterocycles. The van der Waals surface area contributed by atoms with Crippen molar-refractivity contribution in [3.05, 3.63) is 0 Å². The average Bonchev–Trinajstić information content (AvgIpc) is 2.58. The van der Waals surface area contributed by atoms with Crippen LogP contribution in [-0.4, -0.2) is 10.5 Å². The number of thioether (sulfide) groups is 1. The van der Waals surface area contributed by atoms with Crippen molar-refractivity contribution in [2.75, 3.05) is 5.75 Å². The van der Waals surface area contributed by atoms with E-state index in [1.807, 2.05) is 11.8 Å². The molecule has 0 aromatic rings. The van der Waals surface area contributed by atoms with Crippen LogP contribution in [0.2, 0.25) is 0 Å². The average molecular weight is 193 g/mol. The summed E-state index contributed by atoms with van der Waals surface area (Å²) in [5, 5.41) is 9.37. The third-order valence-electron chi connectivity index (χ3n) is 5.38. The summed E-state index contributed by atoms with van der Waals surface area (Å²) in [6.07, 6.45) is 3.83. The van der Waals surface area contributed by atoms with E-state index in [1.54, 1.807) is 0 Å². The van der Waals surface area contributed by atoms with E-state index in [9.17, 15) is 5.26 Å². The normalized spacial score (nSPS) is 62.7. The Bertz CT molecular complexity index is 321. The molecule has 1 aliphatic heterocycles. The Morgan fingerprint density at radius 3 is 2.69 bits per heavy atom. The largest absolute Gasteiger partial charge is 0.197 e. The quantitative estimate of drug-likeness (QED) is 0.590. The van der Waals surface area contributed by atoms with Gasteiger partial charge in [-0.2, -0.15) is 5.26 Å². The van der Waals surface area contributed by atoms with Crippen molar-refractivity contribution in [3.8, 4) is 6.07 Å². The molecule has 0 N–H and O–H groups in total. The van der Waals surface area contributed by atoms with Gasteiger partial charge in [-0.1, -0.05) is 13.8 Å². The minimum Gasteiger partial charge on any atom is -0.197 e. The van der Waals surface area contributed by atoms with E-state index in [0.717, 1.165) is 5.92 Å². The summed E-state index contributed by atoms with van der Waals surface area (Å²) >= 11 is 1.94. The van der Waals surface area contributed by atoms with E-state index in [-0.39, 0.29) is 4.75 Å². The maximum Gasteiger partial charge on any atom is 0.108 e. The summed E-state index contributed by atoms with van der Waals surface area (Å²) in [6, 6.07) is 2.63. The molecule has 1 heterocycles. The van der Waals surface area contributed by atoms with Crippen molar-refractivity contribution < 1.29 is 0 Å². The minimum absolute atomic E-state index is 0.00926. The summed E-state index contributed by atoms with van der Waals surface area (Å²) in [5.41, 5.74) is 0.803. The first-order valence-corrected chi connectivity index (χ1v) is 6.12. The fraction of sp³-hybridized carbons (Fsp3) is 0.909. The summed E-state index contributed by atoms with van der Waals surface area (Å²) in [5.74, 6) is 2.07. The topological polar surface area (TPSA) is 23.8 Å². The summed E-state index contributed by atoms with van der Waals surface area (Å²) in [7, 11) is 0. The lowest BCUT2D eigenvalue weighted by Gasteiger charge is -2.36. The maximum atomic E-state index is 9.37. The highest BCUT2D eigenvalue weighted by Crippen LogP contribution is 2.78. The van der Waals surface area contributed by atoms with Gasteiger partial charge >= 0.3 is 0 Å². The van der Waals surface area contributed by atoms with Gasteiger partial charge in [-0.25, -0.2) is 0 Å². The van der Waals surface area contributed by atoms with E-state index in [0.29, 0.717) is 10.8 Å². The van der Waals surface area contributed by atoms with Crippen LogP contribution in [0.15, 0.2) is 0 Å². The Hall–Kier alpha value is -0.160. The predicted octanol–water partition coefficient (Wildman–Crippen LogP) is 2.82. The summed E-state index contributed by atoms with van der Waals surface area (Å²) in [4.78, 5) is 0. The van der Waals surface area contributed by atoms with Gasteiger partial charge in [0.1, 0.15) is 4.75 Å². The van der Waals surface area contributed by atoms with Gasteiger partial charge in [0.25, 0.3) is 0 Å². The SMILES string of the molecule is CC12CSC3(C#N)CC1CCC32C. The maximum absolute atomic E-state index is 9.37. The molecule has 70 valence electrons. The van der Waals surface area contributed by atoms with Gasteiger partial charge in [0.15, 0.2) is 0 Å². The molecule has 3 rings (SSSR count). The molecule has 2 aliphatic carbocycles. The Morgan fingerprint density at radius 2 is 2.23 bits per heavy atom. The lowest BCUT2D eigenvalue weighted by atomic mass is 9.67. The van der Waals surface area contributed by atoms with Crippen LogP contribution < -0.4 is 0 Å². The fourth-order valence-corrected chi connectivity index (χ4v) is 6.19. The van der Waals surface area contributed by atoms with Crippen LogP contribution in [-0.2, 0) is 0 Å². The van der Waals surface area contributed by atoms with Gasteiger partial charge in [0, 0.05) is 11.2 Å². The van der Waals surface area contributed by atoms with Crippen LogP contribution in [0.1, 0.15) is 33.1 Å². The second-order valence-electron chi connectivity index (χ2n) is 5.42. The minimum atomic E-state index is -0.00926. The Kier molecular flexibility index (Phi) is 1.21. The second kappa shape index (κ2) is 1.93. The Balaban J connectivity index is 2.21. The van der Waals surface area contributed by atoms with Gasteiger partial charge in [-0.05, 0) is 30.6 Å². The number of hydrogen-bond acceptors (Lipinski definition) is 2. The number of hydrogen-bond donors (Lipinski definition) is 0. The Morgan fingerprint density at radius 1 is 1.46 bits per heavy atom. The highest BCUT2D eigenvalue weighted by Gasteiger charge is 2.75. The molecule has 13 heavy (non-hydrogen) atoms. The first kappa shape index (κ1) is 8.17. The number of rotatable bonds is 0. The fourth-order valence-electron chi connectivity index (χ4n) is 4.05. The lowest BCUT2D eigenvalue weighted by Crippen LogP contribution is -2.38. The van der Waals surface area contributed by atoms with Gasteiger partial charge in [0.2, 0.25) is 0 Å². The zero-order valence-electron chi connectivity index (χ0n) is 8.26. The number of nitriles is 1. The van der Waals surface area contributed by atoms with Crippen LogP contribution >= 0.6 is 11.8 Å². The van der Waals surface area contributed by atoms with E-state index in [2.05, 4.69) is 19.9 Å². The van der Waals surface area contributed by atoms with Crippen molar-refractivity contribution in [3.63, 3.8) is 0 Å². The third-order valence-corrected chi connectivity index (χ3v) is 7.32. The molecule has 1 nitrogen and oxygen atoms in total. The van der Waals surface area contributed by atoms with Gasteiger partial charge in [-0.15, -0.1) is 11.8 Å². The van der Waals surface area contributed by atoms with Crippen LogP contribution in [0.25, 0.3) is 0 Å². The van der Waals surface area contributed by atoms with Crippen molar-refractivity contribution in [1.29, 1.82) is 5.26 Å². The van der Waals surface area contributed by atoms with Crippen LogP contribution in [0, 0.1) is 28.1 Å². The number of nitrogens with zero attached hydrogens (tertiary/aromatic N) is 1. The first-order valence-electron chi connectivity index (χ1n) is 5.13. The summed E-state index contributed by atoms with van der Waals surface area (Å²) in [6.45, 7) is 4.78. The molecule has 0 amide bonds. The van der Waals surface area contributed by atoms with Crippen LogP contribution in [0.4, 0.5) is 0 Å². The zero-order valence-corrected chi connectivity index (χ0v) is 9.08. The van der Waals surface area contributed by atoms with Gasteiger partial charge in [0.05, 0.1) is 6.07 Å². The van der Waals surface area contributed by atoms with Crippen LogP contribution in [0.5, 0.6) is 0 Å². The second-order valence-corrected chi connectivity index (χ2v) is 6.69. The van der Waals surface area contributed by atoms with Crippen molar-refractivity contribution in [1.82, 2.24) is 0 Å². The molecule has 0 aromatic carbocycles. The molecule has 4 bridgehead atoms. The smallest absolute Gasteiger partial charge is 0.108 e. The molecule has 2 saturated carbocycles. The monoisotopic (exact) mass is 193 g/mol. The van der Waals surface area contributed by atoms with Crippen molar-refractivity contribution in [2.45, 2.75) is 37.9 Å². The molecule has 4 atom stereocenters. The van der Waals surface area contributed by atoms with E-state index in [4.69, 9.17) is 0 Å². The molecule has 3 aliphatic rings. The van der Waals surface area contributed by atoms with Crippen LogP contribution in [0.3, 0.4) is 0 Å². The zero-order chi connectivity index (χ0) is 9.32. The van der Waals surface area contributed by atoms with E-state index in [1.165, 1.54) is 25.0 Å². The summed E-state index contributed by atoms with van der Waals surface area (Å²) < 4.78 is -0.00926. The predicted molar refractivity (Wildman–Crippen MR) is 54.4 cm³/mol. The molecule has 0 spiro atoms. The first-order chi connectivity index (χ1) is 6.08. The highest BCUT2D eigenvalue weighted by atomic mass is 32.2. The van der Waals surface area contributed by atoms with Crippen molar-refractivity contribution in [2.24, 2.45) is 16.7 Å². The molecule has 0 radical (unpaired) electrons. The standard InChI is InChI=1S/C11H15NS/c1-9-7-13-11(6-12)5-8(9)3-4-10(9,11)2/h8H,3-5,7H2,1-2H3. The van der Waals surface area contributed by atoms with E-state index >= 15 is 0 Å².